The fraction of sp³-hybridized carbons (Fsp3) is 0.364. The maximum absolute atomic E-state index is 5.39. The highest BCUT2D eigenvalue weighted by molar-refractivity contribution is 5.75. The third-order valence-corrected chi connectivity index (χ3v) is 2.91. The van der Waals surface area contributed by atoms with Gasteiger partial charge in [0.2, 0.25) is 0 Å². The number of ether oxygens (including phenoxy) is 1. The van der Waals surface area contributed by atoms with Gasteiger partial charge in [0.05, 0.1) is 0 Å². The fourth-order valence-corrected chi connectivity index (χ4v) is 2.27. The van der Waals surface area contributed by atoms with Crippen LogP contribution in [0.1, 0.15) is 5.56 Å². The van der Waals surface area contributed by atoms with Gasteiger partial charge in [-0.05, 0) is 6.07 Å². The van der Waals surface area contributed by atoms with Crippen LogP contribution >= 0.6 is 0 Å². The second-order valence-corrected chi connectivity index (χ2v) is 3.62. The van der Waals surface area contributed by atoms with Gasteiger partial charge < -0.3 is 9.64 Å². The number of fused-ring (bicyclic) bond motifs is 4. The van der Waals surface area contributed by atoms with E-state index in [9.17, 15) is 0 Å². The molecule has 2 heterocycles. The Kier molecular flexibility index (Phi) is 1.75. The summed E-state index contributed by atoms with van der Waals surface area (Å²) in [5, 5.41) is 3.34. The van der Waals surface area contributed by atoms with E-state index in [1.807, 2.05) is 0 Å². The Hall–Kier alpha value is -1.06. The standard InChI is InChI=1S/C11H13N2O/c1-14-11-10-8-4-2-3-5-9(8)13(10)7-6-12-11/h2-5,11-12H,6-7H2,1H3. The van der Waals surface area contributed by atoms with Gasteiger partial charge in [0.1, 0.15) is 12.3 Å². The number of rotatable bonds is 1. The zero-order valence-corrected chi connectivity index (χ0v) is 8.16. The number of anilines is 1. The van der Waals surface area contributed by atoms with E-state index in [1.165, 1.54) is 17.3 Å². The largest absolute Gasteiger partial charge is 0.364 e. The topological polar surface area (TPSA) is 24.5 Å². The van der Waals surface area contributed by atoms with E-state index < -0.39 is 0 Å². The van der Waals surface area contributed by atoms with Crippen LogP contribution in [0.2, 0.25) is 0 Å². The Morgan fingerprint density at radius 2 is 2.29 bits per heavy atom. The molecule has 3 rings (SSSR count). The quantitative estimate of drug-likeness (QED) is 0.712. The average Bonchev–Trinajstić information content (AvgIpc) is 2.24. The smallest absolute Gasteiger partial charge is 0.139 e. The van der Waals surface area contributed by atoms with E-state index in [4.69, 9.17) is 4.74 Å². The lowest BCUT2D eigenvalue weighted by molar-refractivity contribution is 0.0741. The summed E-state index contributed by atoms with van der Waals surface area (Å²) >= 11 is 0. The number of methoxy groups -OCH3 is 1. The van der Waals surface area contributed by atoms with E-state index in [1.54, 1.807) is 7.11 Å². The van der Waals surface area contributed by atoms with Gasteiger partial charge in [-0.1, -0.05) is 18.2 Å². The van der Waals surface area contributed by atoms with E-state index in [-0.39, 0.29) is 6.23 Å². The van der Waals surface area contributed by atoms with Crippen molar-refractivity contribution in [1.29, 1.82) is 0 Å². The van der Waals surface area contributed by atoms with Gasteiger partial charge in [-0.25, -0.2) is 0 Å². The molecule has 1 atom stereocenters. The molecule has 1 N–H and O–H groups in total. The molecular weight excluding hydrogens is 176 g/mol. The molecule has 0 saturated carbocycles. The van der Waals surface area contributed by atoms with Gasteiger partial charge in [0, 0.05) is 31.5 Å². The van der Waals surface area contributed by atoms with Crippen LogP contribution in [-0.4, -0.2) is 26.4 Å². The molecular formula is C11H13N2O. The zero-order valence-electron chi connectivity index (χ0n) is 8.16. The molecule has 1 aromatic rings. The fourth-order valence-electron chi connectivity index (χ4n) is 2.27. The lowest BCUT2D eigenvalue weighted by Gasteiger charge is -2.50. The highest BCUT2D eigenvalue weighted by atomic mass is 16.5. The van der Waals surface area contributed by atoms with Crippen molar-refractivity contribution in [2.75, 3.05) is 25.1 Å². The first-order valence-corrected chi connectivity index (χ1v) is 4.92. The normalized spacial score (nSPS) is 25.2. The van der Waals surface area contributed by atoms with Gasteiger partial charge in [0.25, 0.3) is 0 Å². The highest BCUT2D eigenvalue weighted by Gasteiger charge is 2.43. The highest BCUT2D eigenvalue weighted by Crippen LogP contribution is 2.44. The van der Waals surface area contributed by atoms with Crippen LogP contribution in [0.25, 0.3) is 0 Å². The molecule has 2 aliphatic rings. The van der Waals surface area contributed by atoms with Crippen molar-refractivity contribution in [2.45, 2.75) is 6.23 Å². The molecule has 3 heteroatoms. The minimum Gasteiger partial charge on any atom is -0.364 e. The van der Waals surface area contributed by atoms with Gasteiger partial charge in [0.15, 0.2) is 0 Å². The summed E-state index contributed by atoms with van der Waals surface area (Å²) in [7, 11) is 1.75. The predicted octanol–water partition coefficient (Wildman–Crippen LogP) is 0.962. The lowest BCUT2D eigenvalue weighted by Crippen LogP contribution is -2.59. The number of para-hydroxylation sites is 1. The molecule has 0 aromatic heterocycles. The second-order valence-electron chi connectivity index (χ2n) is 3.62. The SMILES string of the molecule is COC1NCCN2[C]1c1ccccc12. The molecule has 3 nitrogen and oxygen atoms in total. The Balaban J connectivity index is 1.98. The molecule has 0 spiro atoms. The number of piperazine rings is 1. The molecule has 0 bridgehead atoms. The van der Waals surface area contributed by atoms with Crippen LogP contribution < -0.4 is 10.2 Å². The summed E-state index contributed by atoms with van der Waals surface area (Å²) in [5.41, 5.74) is 2.66. The van der Waals surface area contributed by atoms with Gasteiger partial charge in [-0.3, -0.25) is 5.32 Å². The maximum atomic E-state index is 5.39. The zero-order chi connectivity index (χ0) is 9.54. The summed E-state index contributed by atoms with van der Waals surface area (Å²) in [5.74, 6) is 0. The molecule has 1 unspecified atom stereocenters. The molecule has 2 aliphatic heterocycles. The van der Waals surface area contributed by atoms with Gasteiger partial charge >= 0.3 is 0 Å². The van der Waals surface area contributed by atoms with E-state index in [0.717, 1.165) is 13.1 Å². The molecule has 1 radical (unpaired) electrons. The first-order chi connectivity index (χ1) is 6.92. The maximum Gasteiger partial charge on any atom is 0.139 e. The minimum atomic E-state index is 0.0682. The van der Waals surface area contributed by atoms with Crippen LogP contribution in [0.3, 0.4) is 0 Å². The van der Waals surface area contributed by atoms with Crippen molar-refractivity contribution < 1.29 is 4.74 Å². The Labute approximate surface area is 83.7 Å². The predicted molar refractivity (Wildman–Crippen MR) is 54.9 cm³/mol. The summed E-state index contributed by atoms with van der Waals surface area (Å²) in [4.78, 5) is 2.33. The molecule has 73 valence electrons. The number of hydrogen-bond donors (Lipinski definition) is 1. The summed E-state index contributed by atoms with van der Waals surface area (Å²) in [6, 6.07) is 9.76. The van der Waals surface area contributed by atoms with Crippen molar-refractivity contribution in [3.63, 3.8) is 0 Å². The van der Waals surface area contributed by atoms with Crippen molar-refractivity contribution in [1.82, 2.24) is 5.32 Å². The minimum absolute atomic E-state index is 0.0682. The van der Waals surface area contributed by atoms with E-state index >= 15 is 0 Å². The summed E-state index contributed by atoms with van der Waals surface area (Å²) < 4.78 is 5.39. The Morgan fingerprint density at radius 3 is 3.14 bits per heavy atom. The average molecular weight is 189 g/mol. The molecule has 1 fully saturated rings. The molecule has 1 saturated heterocycles. The number of benzene rings is 1. The van der Waals surface area contributed by atoms with Crippen LogP contribution in [0.5, 0.6) is 0 Å². The molecule has 1 aromatic carbocycles. The van der Waals surface area contributed by atoms with Crippen LogP contribution in [-0.2, 0) is 4.74 Å². The molecule has 14 heavy (non-hydrogen) atoms. The number of nitrogens with one attached hydrogen (secondary N) is 1. The number of hydrogen-bond acceptors (Lipinski definition) is 3. The van der Waals surface area contributed by atoms with Crippen molar-refractivity contribution >= 4 is 5.69 Å². The van der Waals surface area contributed by atoms with Crippen molar-refractivity contribution in [2.24, 2.45) is 0 Å². The lowest BCUT2D eigenvalue weighted by atomic mass is 9.90. The second kappa shape index (κ2) is 2.97. The Morgan fingerprint density at radius 1 is 1.43 bits per heavy atom. The number of nitrogens with zero attached hydrogens (tertiary/aromatic N) is 1. The van der Waals surface area contributed by atoms with Crippen LogP contribution in [0.15, 0.2) is 24.3 Å². The van der Waals surface area contributed by atoms with Gasteiger partial charge in [-0.15, -0.1) is 0 Å². The van der Waals surface area contributed by atoms with Gasteiger partial charge in [-0.2, -0.15) is 0 Å². The monoisotopic (exact) mass is 189 g/mol. The first kappa shape index (κ1) is 8.26. The summed E-state index contributed by atoms with van der Waals surface area (Å²) in [6.07, 6.45) is 0.0682. The first-order valence-electron chi connectivity index (χ1n) is 4.92. The molecule has 0 aliphatic carbocycles. The third-order valence-electron chi connectivity index (χ3n) is 2.91. The van der Waals surface area contributed by atoms with Crippen molar-refractivity contribution in [3.05, 3.63) is 35.9 Å². The Bertz CT molecular complexity index is 353. The van der Waals surface area contributed by atoms with E-state index in [0.29, 0.717) is 0 Å². The third kappa shape index (κ3) is 0.938. The van der Waals surface area contributed by atoms with Crippen LogP contribution in [0, 0.1) is 6.04 Å². The summed E-state index contributed by atoms with van der Waals surface area (Å²) in [6.45, 7) is 2.03. The van der Waals surface area contributed by atoms with Crippen LogP contribution in [0.4, 0.5) is 5.69 Å². The van der Waals surface area contributed by atoms with Crippen molar-refractivity contribution in [3.8, 4) is 0 Å². The molecule has 0 amide bonds. The van der Waals surface area contributed by atoms with E-state index in [2.05, 4.69) is 34.5 Å².